The van der Waals surface area contributed by atoms with E-state index in [-0.39, 0.29) is 23.8 Å². The molecule has 4 aliphatic rings. The fraction of sp³-hybridized carbons (Fsp3) is 0.246. The summed E-state index contributed by atoms with van der Waals surface area (Å²) in [4.78, 5) is 59.7. The number of hydrogen-bond acceptors (Lipinski definition) is 8. The van der Waals surface area contributed by atoms with E-state index in [9.17, 15) is 14.4 Å². The third-order valence-electron chi connectivity index (χ3n) is 13.8. The Kier molecular flexibility index (Phi) is 12.7. The fourth-order valence-electron chi connectivity index (χ4n) is 10.3. The Hall–Kier alpha value is -7.43. The van der Waals surface area contributed by atoms with Crippen LogP contribution < -0.4 is 19.4 Å². The topological polar surface area (TPSA) is 91.9 Å². The molecule has 1 spiro atoms. The molecule has 2 saturated heterocycles. The molecule has 338 valence electrons. The SMILES string of the molecule is O=C(C=Cc1ccc(N2CCN(C(=O)c3ccccc3)CC2)cc1)Oc1cccc2c1C1(CCc3cccc(OOC/C=C/c4ccc(N5CCN(C(=O)c6ccccc6)CC5)cc4)c31)CC2. The Morgan fingerprint density at radius 2 is 0.985 bits per heavy atom. The summed E-state index contributed by atoms with van der Waals surface area (Å²) in [5.74, 6) is 1.01. The highest BCUT2D eigenvalue weighted by Gasteiger charge is 2.49. The van der Waals surface area contributed by atoms with Gasteiger partial charge in [-0.1, -0.05) is 97.1 Å². The molecule has 1 atom stereocenters. The Morgan fingerprint density at radius 3 is 1.51 bits per heavy atom. The van der Waals surface area contributed by atoms with Crippen molar-refractivity contribution in [2.75, 3.05) is 68.8 Å². The van der Waals surface area contributed by atoms with Gasteiger partial charge in [-0.25, -0.2) is 4.79 Å². The Labute approximate surface area is 392 Å². The summed E-state index contributed by atoms with van der Waals surface area (Å²) < 4.78 is 6.16. The van der Waals surface area contributed by atoms with Gasteiger partial charge in [0.25, 0.3) is 11.8 Å². The first-order chi connectivity index (χ1) is 32.9. The van der Waals surface area contributed by atoms with Crippen LogP contribution in [0.25, 0.3) is 12.2 Å². The number of benzene rings is 6. The van der Waals surface area contributed by atoms with E-state index in [1.165, 1.54) is 17.2 Å². The van der Waals surface area contributed by atoms with E-state index in [4.69, 9.17) is 14.5 Å². The Morgan fingerprint density at radius 1 is 0.507 bits per heavy atom. The van der Waals surface area contributed by atoms with Crippen molar-refractivity contribution in [3.63, 3.8) is 0 Å². The van der Waals surface area contributed by atoms with Gasteiger partial charge < -0.3 is 29.2 Å². The number of amides is 2. The van der Waals surface area contributed by atoms with Crippen LogP contribution in [-0.2, 0) is 27.9 Å². The van der Waals surface area contributed by atoms with Gasteiger partial charge in [0.2, 0.25) is 0 Å². The first-order valence-electron chi connectivity index (χ1n) is 23.4. The number of carbonyl (C=O) groups excluding carboxylic acids is 3. The molecule has 0 bridgehead atoms. The van der Waals surface area contributed by atoms with Crippen LogP contribution >= 0.6 is 0 Å². The zero-order valence-electron chi connectivity index (χ0n) is 37.6. The third-order valence-corrected chi connectivity index (χ3v) is 13.8. The van der Waals surface area contributed by atoms with Gasteiger partial charge in [-0.2, -0.15) is 4.89 Å². The van der Waals surface area contributed by atoms with E-state index >= 15 is 0 Å². The average molecular weight is 891 g/mol. The van der Waals surface area contributed by atoms with Crippen LogP contribution in [0.15, 0.2) is 158 Å². The molecule has 0 saturated carbocycles. The van der Waals surface area contributed by atoms with Crippen molar-refractivity contribution < 1.29 is 28.9 Å². The van der Waals surface area contributed by atoms with Gasteiger partial charge in [-0.3, -0.25) is 9.59 Å². The Bertz CT molecular complexity index is 2770. The number of rotatable bonds is 12. The van der Waals surface area contributed by atoms with Gasteiger partial charge in [0.05, 0.1) is 0 Å². The quantitative estimate of drug-likeness (QED) is 0.0300. The summed E-state index contributed by atoms with van der Waals surface area (Å²) in [7, 11) is 0. The minimum Gasteiger partial charge on any atom is -0.423 e. The molecule has 2 fully saturated rings. The molecule has 0 N–H and O–H groups in total. The molecule has 2 aliphatic carbocycles. The van der Waals surface area contributed by atoms with E-state index < -0.39 is 5.97 Å². The molecule has 2 amide bonds. The predicted octanol–water partition coefficient (Wildman–Crippen LogP) is 9.43. The molecule has 6 aromatic carbocycles. The summed E-state index contributed by atoms with van der Waals surface area (Å²) in [5.41, 5.74) is 9.86. The summed E-state index contributed by atoms with van der Waals surface area (Å²) in [5, 5.41) is 0. The summed E-state index contributed by atoms with van der Waals surface area (Å²) in [6, 6.07) is 47.7. The van der Waals surface area contributed by atoms with Crippen molar-refractivity contribution >= 4 is 41.3 Å². The lowest BCUT2D eigenvalue weighted by atomic mass is 9.76. The molecule has 6 aromatic rings. The smallest absolute Gasteiger partial charge is 0.336 e. The van der Waals surface area contributed by atoms with Gasteiger partial charge in [0.1, 0.15) is 12.4 Å². The van der Waals surface area contributed by atoms with Crippen LogP contribution in [0, 0.1) is 0 Å². The average Bonchev–Trinajstić information content (AvgIpc) is 3.97. The second kappa shape index (κ2) is 19.6. The van der Waals surface area contributed by atoms with E-state index in [2.05, 4.69) is 58.3 Å². The van der Waals surface area contributed by atoms with Crippen molar-refractivity contribution in [3.05, 3.63) is 202 Å². The summed E-state index contributed by atoms with van der Waals surface area (Å²) in [6.45, 7) is 6.06. The molecule has 10 heteroatoms. The van der Waals surface area contributed by atoms with E-state index in [1.54, 1.807) is 6.08 Å². The number of ether oxygens (including phenoxy) is 1. The molecule has 2 heterocycles. The molecule has 10 rings (SSSR count). The lowest BCUT2D eigenvalue weighted by molar-refractivity contribution is -0.196. The van der Waals surface area contributed by atoms with Gasteiger partial charge >= 0.3 is 5.97 Å². The van der Waals surface area contributed by atoms with Crippen LogP contribution in [-0.4, -0.2) is 86.5 Å². The minimum atomic E-state index is -0.429. The second-order valence-electron chi connectivity index (χ2n) is 17.7. The molecule has 2 aliphatic heterocycles. The zero-order valence-corrected chi connectivity index (χ0v) is 37.6. The maximum absolute atomic E-state index is 13.5. The number of fused-ring (bicyclic) bond motifs is 4. The standard InChI is InChI=1S/C57H54N4O6/c62-52(28-23-43-21-26-49(27-22-43)59-35-39-61(40-36-59)56(64)47-13-5-2-6-14-47)66-50-17-7-15-44-29-31-57(53(44)50)32-30-45-16-8-18-51(54(45)57)67-65-41-9-10-42-19-24-48(25-20-42)58-33-37-60(38-34-58)55(63)46-11-3-1-4-12-46/h1-28H,29-41H2/b10-9+,28-23?. The van der Waals surface area contributed by atoms with E-state index in [1.807, 2.05) is 119 Å². The van der Waals surface area contributed by atoms with Crippen LogP contribution in [0.3, 0.4) is 0 Å². The largest absolute Gasteiger partial charge is 0.423 e. The first kappa shape index (κ1) is 43.5. The normalized spacial score (nSPS) is 17.9. The van der Waals surface area contributed by atoms with Crippen molar-refractivity contribution in [3.8, 4) is 11.5 Å². The highest BCUT2D eigenvalue weighted by atomic mass is 17.2. The number of piperazine rings is 2. The monoisotopic (exact) mass is 890 g/mol. The van der Waals surface area contributed by atoms with Gasteiger partial charge in [0.15, 0.2) is 5.75 Å². The van der Waals surface area contributed by atoms with Crippen LogP contribution in [0.5, 0.6) is 11.5 Å². The lowest BCUT2D eigenvalue weighted by Gasteiger charge is -2.36. The molecule has 0 radical (unpaired) electrons. The summed E-state index contributed by atoms with van der Waals surface area (Å²) in [6.07, 6.45) is 10.8. The van der Waals surface area contributed by atoms with E-state index in [0.717, 1.165) is 96.6 Å². The maximum atomic E-state index is 13.5. The highest BCUT2D eigenvalue weighted by molar-refractivity contribution is 5.95. The van der Waals surface area contributed by atoms with Crippen LogP contribution in [0.4, 0.5) is 11.4 Å². The fourth-order valence-corrected chi connectivity index (χ4v) is 10.3. The minimum absolute atomic E-state index is 0.0713. The molecular weight excluding hydrogens is 837 g/mol. The van der Waals surface area contributed by atoms with Crippen molar-refractivity contribution in [2.24, 2.45) is 0 Å². The van der Waals surface area contributed by atoms with Crippen LogP contribution in [0.1, 0.15) is 66.9 Å². The van der Waals surface area contributed by atoms with Crippen molar-refractivity contribution in [1.82, 2.24) is 9.80 Å². The van der Waals surface area contributed by atoms with Gasteiger partial charge in [0, 0.05) is 97.5 Å². The number of hydrogen-bond donors (Lipinski definition) is 0. The van der Waals surface area contributed by atoms with Crippen LogP contribution in [0.2, 0.25) is 0 Å². The molecular formula is C57H54N4O6. The third kappa shape index (κ3) is 9.35. The predicted molar refractivity (Wildman–Crippen MR) is 263 cm³/mol. The Balaban J connectivity index is 0.731. The molecule has 10 nitrogen and oxygen atoms in total. The second-order valence-corrected chi connectivity index (χ2v) is 17.7. The number of carbonyl (C=O) groups is 3. The summed E-state index contributed by atoms with van der Waals surface area (Å²) >= 11 is 0. The number of nitrogens with zero attached hydrogens (tertiary/aromatic N) is 4. The van der Waals surface area contributed by atoms with E-state index in [0.29, 0.717) is 37.7 Å². The lowest BCUT2D eigenvalue weighted by Crippen LogP contribution is -2.48. The number of aryl methyl sites for hydroxylation is 2. The first-order valence-corrected chi connectivity index (χ1v) is 23.4. The molecule has 1 unspecified atom stereocenters. The van der Waals surface area contributed by atoms with Gasteiger partial charge in [-0.05, 0) is 115 Å². The number of anilines is 2. The molecule has 67 heavy (non-hydrogen) atoms. The zero-order chi connectivity index (χ0) is 45.6. The highest BCUT2D eigenvalue weighted by Crippen LogP contribution is 2.57. The maximum Gasteiger partial charge on any atom is 0.336 e. The van der Waals surface area contributed by atoms with Gasteiger partial charge in [-0.15, -0.1) is 0 Å². The number of esters is 1. The van der Waals surface area contributed by atoms with Crippen molar-refractivity contribution in [1.29, 1.82) is 0 Å². The van der Waals surface area contributed by atoms with Crippen molar-refractivity contribution in [2.45, 2.75) is 31.1 Å². The molecule has 0 aromatic heterocycles.